The van der Waals surface area contributed by atoms with Crippen LogP contribution in [0.1, 0.15) is 28.4 Å². The van der Waals surface area contributed by atoms with Gasteiger partial charge in [0.1, 0.15) is 11.4 Å². The van der Waals surface area contributed by atoms with Crippen LogP contribution in [-0.4, -0.2) is 40.7 Å². The number of nitrogens with zero attached hydrogens (tertiary/aromatic N) is 2. The Bertz CT molecular complexity index is 722. The molecule has 120 valence electrons. The van der Waals surface area contributed by atoms with E-state index in [-0.39, 0.29) is 30.2 Å². The molecule has 2 aromatic rings. The Morgan fingerprint density at radius 2 is 2.22 bits per heavy atom. The van der Waals surface area contributed by atoms with E-state index in [1.165, 1.54) is 19.2 Å². The number of hydrogen-bond donors (Lipinski definition) is 1. The van der Waals surface area contributed by atoms with Crippen molar-refractivity contribution in [3.8, 4) is 5.88 Å². The number of carbonyl (C=O) groups is 1. The molecule has 0 radical (unpaired) electrons. The number of β-amino-alcohol motifs (C(OH)–C–C–N with tert-alkyl or cyclic N) is 1. The highest BCUT2D eigenvalue weighted by molar-refractivity contribution is 5.96. The summed E-state index contributed by atoms with van der Waals surface area (Å²) in [6.45, 7) is 0.193. The number of aromatic nitrogens is 1. The van der Waals surface area contributed by atoms with Crippen LogP contribution in [0.15, 0.2) is 42.6 Å². The van der Waals surface area contributed by atoms with Gasteiger partial charge in [0, 0.05) is 12.7 Å². The number of benzene rings is 1. The summed E-state index contributed by atoms with van der Waals surface area (Å²) < 4.78 is 18.6. The molecule has 0 aliphatic carbocycles. The van der Waals surface area contributed by atoms with E-state index in [1.54, 1.807) is 35.4 Å². The first-order valence-electron chi connectivity index (χ1n) is 7.33. The molecule has 23 heavy (non-hydrogen) atoms. The Hall–Kier alpha value is -2.47. The quantitative estimate of drug-likeness (QED) is 0.943. The van der Waals surface area contributed by atoms with Gasteiger partial charge in [0.25, 0.3) is 5.91 Å². The number of hydrogen-bond acceptors (Lipinski definition) is 4. The lowest BCUT2D eigenvalue weighted by Gasteiger charge is -2.25. The van der Waals surface area contributed by atoms with Crippen LogP contribution in [-0.2, 0) is 0 Å². The molecule has 6 heteroatoms. The summed E-state index contributed by atoms with van der Waals surface area (Å²) >= 11 is 0. The van der Waals surface area contributed by atoms with Crippen molar-refractivity contribution in [2.75, 3.05) is 13.7 Å². The van der Waals surface area contributed by atoms with Gasteiger partial charge in [-0.3, -0.25) is 4.79 Å². The van der Waals surface area contributed by atoms with Gasteiger partial charge in [0.2, 0.25) is 5.88 Å². The van der Waals surface area contributed by atoms with Crippen LogP contribution in [0.5, 0.6) is 5.88 Å². The van der Waals surface area contributed by atoms with Crippen LogP contribution >= 0.6 is 0 Å². The highest BCUT2D eigenvalue weighted by Gasteiger charge is 2.36. The van der Waals surface area contributed by atoms with Crippen molar-refractivity contribution in [1.29, 1.82) is 0 Å². The smallest absolute Gasteiger partial charge is 0.259 e. The predicted molar refractivity (Wildman–Crippen MR) is 81.6 cm³/mol. The van der Waals surface area contributed by atoms with Crippen molar-refractivity contribution in [3.05, 3.63) is 59.5 Å². The maximum atomic E-state index is 13.5. The van der Waals surface area contributed by atoms with Crippen molar-refractivity contribution < 1.29 is 19.0 Å². The molecule has 2 heterocycles. The van der Waals surface area contributed by atoms with E-state index in [1.807, 2.05) is 0 Å². The number of carbonyl (C=O) groups excluding carboxylic acids is 1. The molecular weight excluding hydrogens is 299 g/mol. The molecule has 1 aliphatic heterocycles. The zero-order valence-electron chi connectivity index (χ0n) is 12.6. The molecule has 3 rings (SSSR count). The first-order valence-corrected chi connectivity index (χ1v) is 7.33. The molecule has 1 amide bonds. The zero-order valence-corrected chi connectivity index (χ0v) is 12.6. The third-order valence-electron chi connectivity index (χ3n) is 3.97. The van der Waals surface area contributed by atoms with Gasteiger partial charge in [0.15, 0.2) is 0 Å². The van der Waals surface area contributed by atoms with Crippen LogP contribution in [0.2, 0.25) is 0 Å². The van der Waals surface area contributed by atoms with Crippen molar-refractivity contribution in [1.82, 2.24) is 9.88 Å². The van der Waals surface area contributed by atoms with E-state index in [0.29, 0.717) is 17.5 Å². The van der Waals surface area contributed by atoms with Crippen molar-refractivity contribution in [3.63, 3.8) is 0 Å². The second-order valence-electron chi connectivity index (χ2n) is 5.48. The van der Waals surface area contributed by atoms with Crippen LogP contribution in [0, 0.1) is 5.82 Å². The Morgan fingerprint density at radius 3 is 2.96 bits per heavy atom. The summed E-state index contributed by atoms with van der Waals surface area (Å²) in [5, 5.41) is 9.99. The molecule has 0 saturated carbocycles. The summed E-state index contributed by atoms with van der Waals surface area (Å²) in [6, 6.07) is 9.00. The van der Waals surface area contributed by atoms with E-state index in [4.69, 9.17) is 4.74 Å². The number of amides is 1. The Kier molecular flexibility index (Phi) is 4.25. The fourth-order valence-electron chi connectivity index (χ4n) is 2.94. The average Bonchev–Trinajstić information content (AvgIpc) is 2.96. The second-order valence-corrected chi connectivity index (χ2v) is 5.48. The largest absolute Gasteiger partial charge is 0.480 e. The highest BCUT2D eigenvalue weighted by Crippen LogP contribution is 2.34. The molecule has 1 N–H and O–H groups in total. The average molecular weight is 316 g/mol. The number of rotatable bonds is 3. The zero-order chi connectivity index (χ0) is 16.4. The third kappa shape index (κ3) is 3.03. The van der Waals surface area contributed by atoms with E-state index in [2.05, 4.69) is 4.98 Å². The summed E-state index contributed by atoms with van der Waals surface area (Å²) in [6.07, 6.45) is 1.27. The lowest BCUT2D eigenvalue weighted by atomic mass is 10.0. The number of halogens is 1. The summed E-state index contributed by atoms with van der Waals surface area (Å²) in [7, 11) is 1.45. The van der Waals surface area contributed by atoms with Crippen molar-refractivity contribution >= 4 is 5.91 Å². The van der Waals surface area contributed by atoms with E-state index >= 15 is 0 Å². The van der Waals surface area contributed by atoms with Crippen molar-refractivity contribution in [2.24, 2.45) is 0 Å². The Morgan fingerprint density at radius 1 is 1.39 bits per heavy atom. The maximum absolute atomic E-state index is 13.5. The molecule has 0 bridgehead atoms. The second kappa shape index (κ2) is 6.34. The van der Waals surface area contributed by atoms with Gasteiger partial charge in [-0.05, 0) is 36.2 Å². The number of aliphatic hydroxyl groups excluding tert-OH is 1. The molecule has 2 unspecified atom stereocenters. The molecular formula is C17H17FN2O3. The van der Waals surface area contributed by atoms with E-state index in [0.717, 1.165) is 0 Å². The van der Waals surface area contributed by atoms with Gasteiger partial charge in [-0.25, -0.2) is 9.37 Å². The van der Waals surface area contributed by atoms with Gasteiger partial charge in [-0.1, -0.05) is 12.1 Å². The SMILES string of the molecule is COc1ncccc1C(=O)N1CC(O)CC1c1cccc(F)c1. The standard InChI is InChI=1S/C17H17FN2O3/c1-23-16-14(6-3-7-19-16)17(22)20-10-13(21)9-15(20)11-4-2-5-12(18)8-11/h2-8,13,15,21H,9-10H2,1H3. The Balaban J connectivity index is 1.95. The van der Waals surface area contributed by atoms with E-state index in [9.17, 15) is 14.3 Å². The fourth-order valence-corrected chi connectivity index (χ4v) is 2.94. The van der Waals surface area contributed by atoms with Crippen molar-refractivity contribution in [2.45, 2.75) is 18.6 Å². The molecule has 2 atom stereocenters. The lowest BCUT2D eigenvalue weighted by Crippen LogP contribution is -2.32. The maximum Gasteiger partial charge on any atom is 0.259 e. The molecule has 1 aliphatic rings. The van der Waals surface area contributed by atoms with Gasteiger partial charge >= 0.3 is 0 Å². The minimum atomic E-state index is -0.644. The lowest BCUT2D eigenvalue weighted by molar-refractivity contribution is 0.0711. The Labute approximate surface area is 133 Å². The molecule has 5 nitrogen and oxygen atoms in total. The minimum absolute atomic E-state index is 0.193. The molecule has 0 spiro atoms. The number of pyridine rings is 1. The first-order chi connectivity index (χ1) is 11.1. The number of likely N-dealkylation sites (tertiary alicyclic amines) is 1. The number of aliphatic hydroxyl groups is 1. The summed E-state index contributed by atoms with van der Waals surface area (Å²) in [5.41, 5.74) is 0.989. The van der Waals surface area contributed by atoms with Gasteiger partial charge in [0.05, 0.1) is 19.3 Å². The third-order valence-corrected chi connectivity index (χ3v) is 3.97. The normalized spacial score (nSPS) is 20.6. The van der Waals surface area contributed by atoms with Gasteiger partial charge in [-0.15, -0.1) is 0 Å². The van der Waals surface area contributed by atoms with Crippen LogP contribution in [0.4, 0.5) is 4.39 Å². The monoisotopic (exact) mass is 316 g/mol. The molecule has 1 aromatic carbocycles. The summed E-state index contributed by atoms with van der Waals surface area (Å²) in [4.78, 5) is 18.4. The summed E-state index contributed by atoms with van der Waals surface area (Å²) in [5.74, 6) is -0.423. The number of ether oxygens (including phenoxy) is 1. The van der Waals surface area contributed by atoms with Crippen LogP contribution in [0.3, 0.4) is 0 Å². The molecule has 1 saturated heterocycles. The van der Waals surface area contributed by atoms with Crippen LogP contribution < -0.4 is 4.74 Å². The number of methoxy groups -OCH3 is 1. The van der Waals surface area contributed by atoms with E-state index < -0.39 is 6.10 Å². The fraction of sp³-hybridized carbons (Fsp3) is 0.294. The van der Waals surface area contributed by atoms with Crippen LogP contribution in [0.25, 0.3) is 0 Å². The minimum Gasteiger partial charge on any atom is -0.480 e. The topological polar surface area (TPSA) is 62.7 Å². The van der Waals surface area contributed by atoms with Gasteiger partial charge < -0.3 is 14.7 Å². The molecule has 1 fully saturated rings. The highest BCUT2D eigenvalue weighted by atomic mass is 19.1. The first kappa shape index (κ1) is 15.4. The predicted octanol–water partition coefficient (Wildman–Crippen LogP) is 2.18. The van der Waals surface area contributed by atoms with Gasteiger partial charge in [-0.2, -0.15) is 0 Å². The molecule has 1 aromatic heterocycles.